The molecule has 2 aliphatic carbocycles. The fraction of sp³-hybridized carbons (Fsp3) is 0.780. The monoisotopic (exact) mass is 1000 g/mol. The molecule has 8 atom stereocenters. The Hall–Kier alpha value is -5.63. The number of Topliss-reactive ketones (excluding diaryl/α,β-unsaturated/α-hetero) is 1. The second kappa shape index (κ2) is 27.3. The first-order valence-electron chi connectivity index (χ1n) is 25.4. The van der Waals surface area contributed by atoms with Gasteiger partial charge in [-0.25, -0.2) is 0 Å². The van der Waals surface area contributed by atoms with Crippen LogP contribution in [0.4, 0.5) is 0 Å². The zero-order chi connectivity index (χ0) is 53.4. The molecule has 3 rings (SSSR count). The third-order valence-electron chi connectivity index (χ3n) is 12.9. The van der Waals surface area contributed by atoms with E-state index >= 15 is 4.79 Å². The van der Waals surface area contributed by atoms with E-state index in [1.165, 1.54) is 6.92 Å². The third kappa shape index (κ3) is 19.5. The number of nitrogens with zero attached hydrogens (tertiary/aromatic N) is 1. The van der Waals surface area contributed by atoms with Gasteiger partial charge in [0.1, 0.15) is 48.0 Å². The number of carboxylic acids is 1. The molecular weight excluding hydrogens is 923 g/mol. The molecule has 1 aliphatic heterocycles. The van der Waals surface area contributed by atoms with Gasteiger partial charge in [0, 0.05) is 25.8 Å². The van der Waals surface area contributed by atoms with Crippen LogP contribution in [0.15, 0.2) is 0 Å². The van der Waals surface area contributed by atoms with Crippen molar-refractivity contribution in [2.45, 2.75) is 225 Å². The molecule has 7 N–H and O–H groups in total. The number of esters is 2. The summed E-state index contributed by atoms with van der Waals surface area (Å²) in [4.78, 5) is 149. The molecule has 2 saturated carbocycles. The SMILES string of the molecule is CCCC(NC(=O)[C@@H]1C[C@@H]2CCCC[C@@H]2N1C(=O)[C@@H](NC(=O)[C@@H](NC(=O)[C@H](CCC(=O)OC(C)(C)C)NC(=O)[C@H](CCC(=O)OC(C)(C)C)NC(C)=O)C(C)C)C1CCCCC1)C(=O)C(=O)NCC(=O)O. The Labute approximate surface area is 417 Å². The predicted molar refractivity (Wildman–Crippen MR) is 258 cm³/mol. The Morgan fingerprint density at radius 1 is 0.648 bits per heavy atom. The van der Waals surface area contributed by atoms with E-state index in [1.54, 1.807) is 67.2 Å². The van der Waals surface area contributed by atoms with Crippen LogP contribution in [0, 0.1) is 17.8 Å². The zero-order valence-corrected chi connectivity index (χ0v) is 43.5. The van der Waals surface area contributed by atoms with Gasteiger partial charge in [-0.15, -0.1) is 0 Å². The average molecular weight is 1000 g/mol. The molecule has 1 unspecified atom stereocenters. The zero-order valence-electron chi connectivity index (χ0n) is 43.5. The number of rotatable bonds is 24. The van der Waals surface area contributed by atoms with Crippen LogP contribution >= 0.6 is 0 Å². The molecule has 1 saturated heterocycles. The molecule has 3 aliphatic rings. The molecule has 0 aromatic heterocycles. The van der Waals surface area contributed by atoms with Crippen LogP contribution in [0.5, 0.6) is 0 Å². The first kappa shape index (κ1) is 59.7. The van der Waals surface area contributed by atoms with Crippen molar-refractivity contribution in [2.75, 3.05) is 6.54 Å². The van der Waals surface area contributed by atoms with E-state index in [0.717, 1.165) is 38.5 Å². The maximum Gasteiger partial charge on any atom is 0.322 e. The summed E-state index contributed by atoms with van der Waals surface area (Å²) in [5.74, 6) is -9.88. The molecule has 1 heterocycles. The molecule has 71 heavy (non-hydrogen) atoms. The van der Waals surface area contributed by atoms with Gasteiger partial charge in [-0.2, -0.15) is 0 Å². The van der Waals surface area contributed by atoms with Crippen molar-refractivity contribution in [2.24, 2.45) is 17.8 Å². The van der Waals surface area contributed by atoms with Gasteiger partial charge < -0.3 is 51.4 Å². The summed E-state index contributed by atoms with van der Waals surface area (Å²) in [6.45, 7) is 15.6. The number of fused-ring (bicyclic) bond motifs is 1. The summed E-state index contributed by atoms with van der Waals surface area (Å²) in [7, 11) is 0. The number of ether oxygens (including phenoxy) is 2. The lowest BCUT2D eigenvalue weighted by molar-refractivity contribution is -0.156. The highest BCUT2D eigenvalue weighted by Gasteiger charge is 2.51. The Morgan fingerprint density at radius 3 is 1.70 bits per heavy atom. The lowest BCUT2D eigenvalue weighted by Crippen LogP contribution is -2.62. The normalized spacial score (nSPS) is 20.4. The molecule has 0 spiro atoms. The van der Waals surface area contributed by atoms with Crippen molar-refractivity contribution in [3.8, 4) is 0 Å². The highest BCUT2D eigenvalue weighted by Crippen LogP contribution is 2.41. The van der Waals surface area contributed by atoms with Crippen LogP contribution in [0.1, 0.15) is 172 Å². The Balaban J connectivity index is 1.96. The number of likely N-dealkylation sites (tertiary alicyclic amines) is 1. The van der Waals surface area contributed by atoms with Crippen molar-refractivity contribution < 1.29 is 67.3 Å². The summed E-state index contributed by atoms with van der Waals surface area (Å²) in [6, 6.07) is -7.83. The predicted octanol–water partition coefficient (Wildman–Crippen LogP) is 2.64. The number of ketones is 1. The second-order valence-electron chi connectivity index (χ2n) is 21.6. The highest BCUT2D eigenvalue weighted by atomic mass is 16.6. The van der Waals surface area contributed by atoms with E-state index in [4.69, 9.17) is 14.6 Å². The molecule has 0 bridgehead atoms. The van der Waals surface area contributed by atoms with Crippen LogP contribution in [0.2, 0.25) is 0 Å². The quantitative estimate of drug-likeness (QED) is 0.0541. The minimum absolute atomic E-state index is 0.0524. The summed E-state index contributed by atoms with van der Waals surface area (Å²) in [5, 5.41) is 24.6. The number of carbonyl (C=O) groups is 11. The van der Waals surface area contributed by atoms with E-state index in [0.29, 0.717) is 25.7 Å². The van der Waals surface area contributed by atoms with Crippen molar-refractivity contribution in [3.05, 3.63) is 0 Å². The van der Waals surface area contributed by atoms with E-state index in [-0.39, 0.29) is 56.4 Å². The highest BCUT2D eigenvalue weighted by molar-refractivity contribution is 6.38. The van der Waals surface area contributed by atoms with Gasteiger partial charge in [-0.1, -0.05) is 59.3 Å². The van der Waals surface area contributed by atoms with Gasteiger partial charge in [0.15, 0.2) is 0 Å². The average Bonchev–Trinajstić information content (AvgIpc) is 3.67. The first-order chi connectivity index (χ1) is 33.1. The lowest BCUT2D eigenvalue weighted by Gasteiger charge is -2.39. The third-order valence-corrected chi connectivity index (χ3v) is 12.9. The number of aliphatic carboxylic acids is 1. The number of hydrogen-bond acceptors (Lipinski definition) is 13. The Morgan fingerprint density at radius 2 is 1.18 bits per heavy atom. The minimum Gasteiger partial charge on any atom is -0.480 e. The lowest BCUT2D eigenvalue weighted by atomic mass is 9.82. The molecule has 0 aromatic carbocycles. The number of nitrogens with one attached hydrogen (secondary N) is 6. The molecule has 400 valence electrons. The smallest absolute Gasteiger partial charge is 0.322 e. The number of carboxylic acid groups (broad SMARTS) is 1. The van der Waals surface area contributed by atoms with Gasteiger partial charge >= 0.3 is 17.9 Å². The molecule has 0 radical (unpaired) electrons. The van der Waals surface area contributed by atoms with E-state index < -0.39 is 125 Å². The Bertz CT molecular complexity index is 1940. The topological polar surface area (TPSA) is 302 Å². The molecule has 3 fully saturated rings. The standard InChI is InChI=1S/C50H81N7O14/c1-11-17-32(42(63)47(68)51-27-37(59)60)53-45(66)36-26-31-20-15-16-21-35(31)57(36)48(69)41(30-18-13-12-14-19-30)56-46(67)40(28(2)3)55-44(65)34(23-25-39(62)71-50(8,9)10)54-43(64)33(52-29(4)58)22-24-38(61)70-49(5,6)7/h28,30-36,40-41H,11-27H2,1-10H3,(H,51,68)(H,52,58)(H,53,66)(H,54,64)(H,55,65)(H,56,67)(H,59,60)/t31-,32?,33-,34-,35-,36-,40-,41-/m0/s1. The van der Waals surface area contributed by atoms with Gasteiger partial charge in [-0.05, 0) is 111 Å². The fourth-order valence-electron chi connectivity index (χ4n) is 9.64. The van der Waals surface area contributed by atoms with Crippen molar-refractivity contribution in [3.63, 3.8) is 0 Å². The second-order valence-corrected chi connectivity index (χ2v) is 21.6. The van der Waals surface area contributed by atoms with Crippen molar-refractivity contribution >= 4 is 65.0 Å². The van der Waals surface area contributed by atoms with Gasteiger partial charge in [-0.3, -0.25) is 52.7 Å². The minimum atomic E-state index is -1.45. The van der Waals surface area contributed by atoms with Crippen LogP contribution in [0.3, 0.4) is 0 Å². The summed E-state index contributed by atoms with van der Waals surface area (Å²) >= 11 is 0. The van der Waals surface area contributed by atoms with Crippen LogP contribution in [-0.2, 0) is 62.2 Å². The van der Waals surface area contributed by atoms with Crippen LogP contribution < -0.4 is 31.9 Å². The molecule has 21 nitrogen and oxygen atoms in total. The maximum atomic E-state index is 15.3. The van der Waals surface area contributed by atoms with Crippen LogP contribution in [-0.4, -0.2) is 135 Å². The number of amides is 7. The van der Waals surface area contributed by atoms with Crippen LogP contribution in [0.25, 0.3) is 0 Å². The largest absolute Gasteiger partial charge is 0.480 e. The maximum absolute atomic E-state index is 15.3. The summed E-state index contributed by atoms with van der Waals surface area (Å²) in [6.07, 6.45) is 6.43. The summed E-state index contributed by atoms with van der Waals surface area (Å²) in [5.41, 5.74) is -1.67. The van der Waals surface area contributed by atoms with Gasteiger partial charge in [0.25, 0.3) is 5.91 Å². The Kier molecular flexibility index (Phi) is 22.9. The molecular formula is C50H81N7O14. The number of hydrogen-bond donors (Lipinski definition) is 7. The number of carbonyl (C=O) groups excluding carboxylic acids is 10. The van der Waals surface area contributed by atoms with Crippen molar-refractivity contribution in [1.29, 1.82) is 0 Å². The first-order valence-corrected chi connectivity index (χ1v) is 25.4. The fourth-order valence-corrected chi connectivity index (χ4v) is 9.64. The van der Waals surface area contributed by atoms with Gasteiger partial charge in [0.05, 0.1) is 6.04 Å². The molecule has 21 heteroatoms. The van der Waals surface area contributed by atoms with E-state index in [1.807, 2.05) is 0 Å². The van der Waals surface area contributed by atoms with Crippen molar-refractivity contribution in [1.82, 2.24) is 36.8 Å². The van der Waals surface area contributed by atoms with E-state index in [2.05, 4.69) is 31.9 Å². The van der Waals surface area contributed by atoms with E-state index in [9.17, 15) is 47.9 Å². The molecule has 7 amide bonds. The molecule has 0 aromatic rings. The summed E-state index contributed by atoms with van der Waals surface area (Å²) < 4.78 is 10.8. The van der Waals surface area contributed by atoms with Gasteiger partial charge in [0.2, 0.25) is 41.2 Å².